The molecule has 1 aliphatic carbocycles. The summed E-state index contributed by atoms with van der Waals surface area (Å²) in [4.78, 5) is 55.0. The minimum Gasteiger partial charge on any atom is -0.507 e. The molecule has 2 aromatic rings. The summed E-state index contributed by atoms with van der Waals surface area (Å²) in [5, 5.41) is 30.5. The number of carbonyl (C=O) groups is 4. The van der Waals surface area contributed by atoms with Gasteiger partial charge >= 0.3 is 0 Å². The highest BCUT2D eigenvalue weighted by Crippen LogP contribution is 2.57. The quantitative estimate of drug-likeness (QED) is 0.241. The second-order valence-corrected chi connectivity index (χ2v) is 9.08. The number of aromatic hydroxyl groups is 2. The van der Waals surface area contributed by atoms with Gasteiger partial charge in [0, 0.05) is 30.3 Å². The molecule has 0 fully saturated rings. The van der Waals surface area contributed by atoms with Gasteiger partial charge in [0.15, 0.2) is 23.2 Å². The summed E-state index contributed by atoms with van der Waals surface area (Å²) in [6, 6.07) is 0. The summed E-state index contributed by atoms with van der Waals surface area (Å²) >= 11 is 0. The van der Waals surface area contributed by atoms with Crippen molar-refractivity contribution < 1.29 is 38.7 Å². The number of aromatic nitrogens is 2. The Bertz CT molecular complexity index is 1430. The third kappa shape index (κ3) is 4.13. The molecule has 4 rings (SSSR count). The molecule has 1 aromatic heterocycles. The number of benzene rings is 1. The van der Waals surface area contributed by atoms with E-state index in [1.807, 2.05) is 0 Å². The van der Waals surface area contributed by atoms with Gasteiger partial charge in [0.25, 0.3) is 0 Å². The molecule has 1 aromatic carbocycles. The predicted octanol–water partition coefficient (Wildman–Crippen LogP) is 1.56. The highest BCUT2D eigenvalue weighted by molar-refractivity contribution is 6.31. The first-order chi connectivity index (χ1) is 17.4. The SMILES string of the molecule is CC(=O)c1c(O)c(C)c(O)c2c1OC1=CC(=O)/C(=C(/C)NCCC(=O)NCc3nc(C)no3)C(=O)[C@]12C. The number of amides is 1. The number of ketones is 3. The Morgan fingerprint density at radius 2 is 1.81 bits per heavy atom. The van der Waals surface area contributed by atoms with Crippen LogP contribution in [0.2, 0.25) is 0 Å². The number of phenolic OH excluding ortho intramolecular Hbond substituents is 2. The van der Waals surface area contributed by atoms with Crippen molar-refractivity contribution in [1.82, 2.24) is 20.8 Å². The average molecular weight is 511 g/mol. The third-order valence-electron chi connectivity index (χ3n) is 6.51. The van der Waals surface area contributed by atoms with E-state index in [-0.39, 0.29) is 70.8 Å². The molecule has 0 bridgehead atoms. The topological polar surface area (TPSA) is 181 Å². The van der Waals surface area contributed by atoms with Crippen LogP contribution in [0.4, 0.5) is 0 Å². The number of carbonyl (C=O) groups excluding carboxylic acids is 4. The first kappa shape index (κ1) is 25.6. The van der Waals surface area contributed by atoms with Crippen LogP contribution in [0, 0.1) is 13.8 Å². The molecule has 0 saturated heterocycles. The normalized spacial score (nSPS) is 19.5. The Kier molecular flexibility index (Phi) is 6.36. The van der Waals surface area contributed by atoms with E-state index in [1.54, 1.807) is 6.92 Å². The molecule has 0 saturated carbocycles. The van der Waals surface area contributed by atoms with E-state index in [2.05, 4.69) is 20.8 Å². The van der Waals surface area contributed by atoms with Gasteiger partial charge in [-0.05, 0) is 34.6 Å². The molecule has 1 atom stereocenters. The number of nitrogens with zero attached hydrogens (tertiary/aromatic N) is 2. The van der Waals surface area contributed by atoms with Gasteiger partial charge in [-0.25, -0.2) is 0 Å². The molecular weight excluding hydrogens is 484 g/mol. The number of aryl methyl sites for hydroxylation is 1. The van der Waals surface area contributed by atoms with Crippen molar-refractivity contribution in [3.05, 3.63) is 51.5 Å². The number of phenols is 2. The lowest BCUT2D eigenvalue weighted by atomic mass is 9.70. The number of allylic oxidation sites excluding steroid dienone is 4. The Morgan fingerprint density at radius 1 is 1.11 bits per heavy atom. The van der Waals surface area contributed by atoms with Crippen molar-refractivity contribution in [1.29, 1.82) is 0 Å². The number of Topliss-reactive ketones (excluding diaryl/α,β-unsaturated/α-hetero) is 2. The third-order valence-corrected chi connectivity index (χ3v) is 6.51. The van der Waals surface area contributed by atoms with Crippen molar-refractivity contribution in [3.8, 4) is 17.2 Å². The van der Waals surface area contributed by atoms with Crippen molar-refractivity contribution in [2.24, 2.45) is 0 Å². The lowest BCUT2D eigenvalue weighted by Gasteiger charge is -2.29. The zero-order valence-electron chi connectivity index (χ0n) is 20.9. The second kappa shape index (κ2) is 9.19. The Morgan fingerprint density at radius 3 is 2.43 bits per heavy atom. The molecule has 2 aliphatic rings. The van der Waals surface area contributed by atoms with Crippen LogP contribution in [0.25, 0.3) is 0 Å². The minimum atomic E-state index is -1.60. The Hall–Kier alpha value is -4.48. The first-order valence-corrected chi connectivity index (χ1v) is 11.5. The summed E-state index contributed by atoms with van der Waals surface area (Å²) in [6.07, 6.45) is 1.17. The van der Waals surface area contributed by atoms with Crippen LogP contribution in [0.5, 0.6) is 17.2 Å². The van der Waals surface area contributed by atoms with Crippen LogP contribution in [-0.4, -0.2) is 50.2 Å². The molecule has 1 aliphatic heterocycles. The number of hydrogen-bond acceptors (Lipinski definition) is 11. The summed E-state index contributed by atoms with van der Waals surface area (Å²) in [6.45, 7) is 7.51. The van der Waals surface area contributed by atoms with E-state index in [4.69, 9.17) is 9.26 Å². The predicted molar refractivity (Wildman–Crippen MR) is 127 cm³/mol. The largest absolute Gasteiger partial charge is 0.507 e. The minimum absolute atomic E-state index is 0.0117. The van der Waals surface area contributed by atoms with Crippen molar-refractivity contribution in [2.75, 3.05) is 6.54 Å². The second-order valence-electron chi connectivity index (χ2n) is 9.08. The van der Waals surface area contributed by atoms with Gasteiger partial charge < -0.3 is 30.1 Å². The van der Waals surface area contributed by atoms with Crippen LogP contribution >= 0.6 is 0 Å². The summed E-state index contributed by atoms with van der Waals surface area (Å²) in [5.41, 5.74) is -1.68. The molecular formula is C25H26N4O8. The fraction of sp³-hybridized carbons (Fsp3) is 0.360. The molecule has 12 nitrogen and oxygen atoms in total. The number of hydrogen-bond donors (Lipinski definition) is 4. The lowest BCUT2D eigenvalue weighted by molar-refractivity contribution is -0.124. The molecule has 4 N–H and O–H groups in total. The van der Waals surface area contributed by atoms with E-state index in [1.165, 1.54) is 27.7 Å². The smallest absolute Gasteiger partial charge is 0.246 e. The van der Waals surface area contributed by atoms with Crippen molar-refractivity contribution in [3.63, 3.8) is 0 Å². The monoisotopic (exact) mass is 510 g/mol. The lowest BCUT2D eigenvalue weighted by Crippen LogP contribution is -2.41. The van der Waals surface area contributed by atoms with Crippen LogP contribution in [0.3, 0.4) is 0 Å². The fourth-order valence-electron chi connectivity index (χ4n) is 4.49. The number of nitrogens with one attached hydrogen (secondary N) is 2. The van der Waals surface area contributed by atoms with Gasteiger partial charge in [-0.3, -0.25) is 19.2 Å². The first-order valence-electron chi connectivity index (χ1n) is 11.5. The van der Waals surface area contributed by atoms with E-state index in [0.29, 0.717) is 5.82 Å². The number of fused-ring (bicyclic) bond motifs is 3. The standard InChI is InChI=1S/C25H26N4O8/c1-10-21(33)19(12(3)30)23-20(22(10)34)25(5)15(36-23)8-14(31)18(24(25)35)11(2)26-7-6-16(32)27-9-17-28-13(4)29-37-17/h8,26,33-34H,6-7,9H2,1-5H3,(H,27,32)/b18-11+/t25-/m1/s1. The van der Waals surface area contributed by atoms with Gasteiger partial charge in [0.1, 0.15) is 34.0 Å². The van der Waals surface area contributed by atoms with E-state index in [0.717, 1.165) is 6.08 Å². The van der Waals surface area contributed by atoms with Crippen LogP contribution in [0.15, 0.2) is 27.6 Å². The summed E-state index contributed by atoms with van der Waals surface area (Å²) in [7, 11) is 0. The van der Waals surface area contributed by atoms with Crippen LogP contribution < -0.4 is 15.4 Å². The maximum Gasteiger partial charge on any atom is 0.246 e. The van der Waals surface area contributed by atoms with Gasteiger partial charge in [-0.15, -0.1) is 0 Å². The zero-order valence-corrected chi connectivity index (χ0v) is 20.9. The van der Waals surface area contributed by atoms with E-state index < -0.39 is 34.3 Å². The zero-order chi connectivity index (χ0) is 27.2. The van der Waals surface area contributed by atoms with Crippen molar-refractivity contribution >= 4 is 23.3 Å². The van der Waals surface area contributed by atoms with Crippen LogP contribution in [-0.2, 0) is 26.3 Å². The van der Waals surface area contributed by atoms with E-state index >= 15 is 0 Å². The number of rotatable bonds is 7. The maximum atomic E-state index is 13.7. The summed E-state index contributed by atoms with van der Waals surface area (Å²) < 4.78 is 10.7. The highest BCUT2D eigenvalue weighted by atomic mass is 16.5. The van der Waals surface area contributed by atoms with E-state index in [9.17, 15) is 29.4 Å². The molecule has 1 amide bonds. The molecule has 2 heterocycles. The molecule has 0 spiro atoms. The van der Waals surface area contributed by atoms with Gasteiger partial charge in [0.2, 0.25) is 11.8 Å². The Balaban J connectivity index is 1.57. The van der Waals surface area contributed by atoms with Crippen LogP contribution in [0.1, 0.15) is 60.4 Å². The van der Waals surface area contributed by atoms with Gasteiger partial charge in [-0.1, -0.05) is 5.16 Å². The van der Waals surface area contributed by atoms with Crippen molar-refractivity contribution in [2.45, 2.75) is 53.0 Å². The van der Waals surface area contributed by atoms with Gasteiger partial charge in [-0.2, -0.15) is 4.98 Å². The molecule has 194 valence electrons. The molecule has 0 unspecified atom stereocenters. The maximum absolute atomic E-state index is 13.7. The van der Waals surface area contributed by atoms with Gasteiger partial charge in [0.05, 0.1) is 17.7 Å². The Labute approximate surface area is 211 Å². The fourth-order valence-corrected chi connectivity index (χ4v) is 4.49. The molecule has 0 radical (unpaired) electrons. The summed E-state index contributed by atoms with van der Waals surface area (Å²) in [5.74, 6) is -2.45. The molecule has 12 heteroatoms. The average Bonchev–Trinajstić information content (AvgIpc) is 3.37. The molecule has 37 heavy (non-hydrogen) atoms. The highest BCUT2D eigenvalue weighted by Gasteiger charge is 2.56. The number of ether oxygens (including phenoxy) is 1.